The molecule has 1 saturated heterocycles. The van der Waals surface area contributed by atoms with Crippen LogP contribution in [0.15, 0.2) is 54.7 Å². The summed E-state index contributed by atoms with van der Waals surface area (Å²) in [5.41, 5.74) is 1.30. The number of hydrogen-bond donors (Lipinski definition) is 0. The van der Waals surface area contributed by atoms with Crippen molar-refractivity contribution in [1.82, 2.24) is 14.8 Å². The van der Waals surface area contributed by atoms with Crippen molar-refractivity contribution < 1.29 is 9.53 Å². The van der Waals surface area contributed by atoms with Gasteiger partial charge in [-0.25, -0.2) is 0 Å². The predicted octanol–water partition coefficient (Wildman–Crippen LogP) is 3.66. The second kappa shape index (κ2) is 10.1. The van der Waals surface area contributed by atoms with Gasteiger partial charge in [0.25, 0.3) is 0 Å². The van der Waals surface area contributed by atoms with E-state index in [0.29, 0.717) is 12.1 Å². The summed E-state index contributed by atoms with van der Waals surface area (Å²) in [7, 11) is 1.72. The molecule has 0 saturated carbocycles. The highest BCUT2D eigenvalue weighted by atomic mass is 16.5. The van der Waals surface area contributed by atoms with Crippen LogP contribution >= 0.6 is 0 Å². The molecule has 1 fully saturated rings. The van der Waals surface area contributed by atoms with Gasteiger partial charge in [-0.3, -0.25) is 19.6 Å². The second-order valence-corrected chi connectivity index (χ2v) is 7.93. The maximum absolute atomic E-state index is 13.6. The largest absolute Gasteiger partial charge is 0.382 e. The molecular formula is C24H33N3O2. The van der Waals surface area contributed by atoms with E-state index in [4.69, 9.17) is 4.74 Å². The third-order valence-electron chi connectivity index (χ3n) is 6.16. The van der Waals surface area contributed by atoms with E-state index in [-0.39, 0.29) is 11.9 Å². The van der Waals surface area contributed by atoms with E-state index >= 15 is 0 Å². The lowest BCUT2D eigenvalue weighted by Crippen LogP contribution is -2.61. The van der Waals surface area contributed by atoms with Gasteiger partial charge in [-0.2, -0.15) is 0 Å². The van der Waals surface area contributed by atoms with Crippen molar-refractivity contribution in [3.63, 3.8) is 0 Å². The Labute approximate surface area is 174 Å². The molecule has 0 amide bonds. The molecule has 3 rings (SSSR count). The summed E-state index contributed by atoms with van der Waals surface area (Å²) in [5, 5.41) is 0. The number of hydrogen-bond acceptors (Lipinski definition) is 5. The topological polar surface area (TPSA) is 45.7 Å². The first-order valence-electron chi connectivity index (χ1n) is 10.6. The number of Topliss-reactive ketones (excluding diaryl/α,β-unsaturated/α-hetero) is 1. The summed E-state index contributed by atoms with van der Waals surface area (Å²) in [5.74, 6) is 0.112. The fourth-order valence-electron chi connectivity index (χ4n) is 4.36. The number of pyridine rings is 1. The third kappa shape index (κ3) is 5.10. The Balaban J connectivity index is 1.77. The molecule has 0 aliphatic carbocycles. The molecule has 0 radical (unpaired) electrons. The van der Waals surface area contributed by atoms with Gasteiger partial charge in [-0.1, -0.05) is 43.3 Å². The zero-order valence-electron chi connectivity index (χ0n) is 17.9. The van der Waals surface area contributed by atoms with Crippen molar-refractivity contribution in [2.75, 3.05) is 33.3 Å². The number of methoxy groups -OCH3 is 1. The molecule has 0 bridgehead atoms. The molecule has 1 aromatic carbocycles. The Bertz CT molecular complexity index is 760. The van der Waals surface area contributed by atoms with Crippen LogP contribution in [-0.4, -0.2) is 65.5 Å². The van der Waals surface area contributed by atoms with E-state index in [2.05, 4.69) is 52.0 Å². The Morgan fingerprint density at radius 1 is 1.10 bits per heavy atom. The number of piperazine rings is 1. The van der Waals surface area contributed by atoms with Gasteiger partial charge in [0.05, 0.1) is 11.6 Å². The van der Waals surface area contributed by atoms with Crippen LogP contribution in [0.1, 0.15) is 42.7 Å². The summed E-state index contributed by atoms with van der Waals surface area (Å²) in [6, 6.07) is 16.1. The zero-order chi connectivity index (χ0) is 20.7. The Morgan fingerprint density at radius 3 is 2.38 bits per heavy atom. The van der Waals surface area contributed by atoms with Gasteiger partial charge < -0.3 is 4.74 Å². The molecule has 1 aromatic heterocycles. The number of ketones is 1. The highest BCUT2D eigenvalue weighted by Gasteiger charge is 2.45. The van der Waals surface area contributed by atoms with Crippen LogP contribution in [0.5, 0.6) is 0 Å². The standard InChI is InChI=1S/C24H33N3O2/c1-4-24(18-20(2)29-3,23(28)22-12-8-9-13-25-22)27-16-14-26(15-17-27)19-21-10-6-5-7-11-21/h5-13,20H,4,14-19H2,1-3H3/t20-,24+/m0/s1. The molecule has 1 aliphatic heterocycles. The van der Waals surface area contributed by atoms with E-state index in [9.17, 15) is 4.79 Å². The van der Waals surface area contributed by atoms with Gasteiger partial charge in [0.2, 0.25) is 5.78 Å². The molecule has 0 N–H and O–H groups in total. The smallest absolute Gasteiger partial charge is 0.201 e. The number of benzene rings is 1. The SMILES string of the molecule is CC[C@@](C[C@H](C)OC)(C(=O)c1ccccn1)N1CCN(Cc2ccccc2)CC1. The van der Waals surface area contributed by atoms with Crippen LogP contribution in [0.2, 0.25) is 0 Å². The maximum Gasteiger partial charge on any atom is 0.201 e. The molecule has 29 heavy (non-hydrogen) atoms. The van der Waals surface area contributed by atoms with Crippen molar-refractivity contribution in [3.8, 4) is 0 Å². The minimum atomic E-state index is -0.581. The average molecular weight is 396 g/mol. The quantitative estimate of drug-likeness (QED) is 0.607. The van der Waals surface area contributed by atoms with Crippen molar-refractivity contribution >= 4 is 5.78 Å². The minimum absolute atomic E-state index is 0.00459. The predicted molar refractivity (Wildman–Crippen MR) is 116 cm³/mol. The molecule has 2 aromatic rings. The molecule has 1 aliphatic rings. The number of carbonyl (C=O) groups excluding carboxylic acids is 1. The average Bonchev–Trinajstić information content (AvgIpc) is 2.79. The minimum Gasteiger partial charge on any atom is -0.382 e. The van der Waals surface area contributed by atoms with Crippen LogP contribution in [0, 0.1) is 0 Å². The summed E-state index contributed by atoms with van der Waals surface area (Å²) in [6.45, 7) is 8.75. The van der Waals surface area contributed by atoms with Crippen LogP contribution in [0.3, 0.4) is 0 Å². The molecule has 0 spiro atoms. The lowest BCUT2D eigenvalue weighted by Gasteiger charge is -2.47. The van der Waals surface area contributed by atoms with E-state index < -0.39 is 5.54 Å². The molecule has 2 heterocycles. The number of ether oxygens (including phenoxy) is 1. The fraction of sp³-hybridized carbons (Fsp3) is 0.500. The van der Waals surface area contributed by atoms with E-state index in [1.165, 1.54) is 5.56 Å². The first-order chi connectivity index (χ1) is 14.1. The maximum atomic E-state index is 13.6. The summed E-state index contributed by atoms with van der Waals surface area (Å²) in [6.07, 6.45) is 3.12. The summed E-state index contributed by atoms with van der Waals surface area (Å²) < 4.78 is 5.57. The lowest BCUT2D eigenvalue weighted by molar-refractivity contribution is -0.00553. The van der Waals surface area contributed by atoms with Crippen molar-refractivity contribution in [2.45, 2.75) is 44.9 Å². The second-order valence-electron chi connectivity index (χ2n) is 7.93. The number of carbonyl (C=O) groups is 1. The summed E-state index contributed by atoms with van der Waals surface area (Å²) in [4.78, 5) is 22.9. The molecule has 2 atom stereocenters. The lowest BCUT2D eigenvalue weighted by atomic mass is 9.81. The number of aromatic nitrogens is 1. The van der Waals surface area contributed by atoms with Crippen molar-refractivity contribution in [2.24, 2.45) is 0 Å². The van der Waals surface area contributed by atoms with Crippen molar-refractivity contribution in [3.05, 3.63) is 66.0 Å². The fourth-order valence-corrected chi connectivity index (χ4v) is 4.36. The Hall–Kier alpha value is -2.08. The third-order valence-corrected chi connectivity index (χ3v) is 6.16. The van der Waals surface area contributed by atoms with Gasteiger partial charge in [-0.15, -0.1) is 0 Å². The highest BCUT2D eigenvalue weighted by molar-refractivity contribution is 6.01. The van der Waals surface area contributed by atoms with Crippen LogP contribution < -0.4 is 0 Å². The Kier molecular flexibility index (Phi) is 7.53. The summed E-state index contributed by atoms with van der Waals surface area (Å²) >= 11 is 0. The molecular weight excluding hydrogens is 362 g/mol. The van der Waals surface area contributed by atoms with Crippen molar-refractivity contribution in [1.29, 1.82) is 0 Å². The highest BCUT2D eigenvalue weighted by Crippen LogP contribution is 2.31. The van der Waals surface area contributed by atoms with Gasteiger partial charge in [0.1, 0.15) is 5.69 Å². The Morgan fingerprint density at radius 2 is 1.79 bits per heavy atom. The van der Waals surface area contributed by atoms with Gasteiger partial charge in [0, 0.05) is 46.0 Å². The van der Waals surface area contributed by atoms with Crippen LogP contribution in [-0.2, 0) is 11.3 Å². The first-order valence-corrected chi connectivity index (χ1v) is 10.6. The van der Waals surface area contributed by atoms with Gasteiger partial charge in [-0.05, 0) is 37.5 Å². The van der Waals surface area contributed by atoms with E-state index in [0.717, 1.165) is 39.1 Å². The molecule has 156 valence electrons. The monoisotopic (exact) mass is 395 g/mol. The van der Waals surface area contributed by atoms with Gasteiger partial charge >= 0.3 is 0 Å². The normalized spacial score (nSPS) is 18.9. The first kappa shape index (κ1) is 21.6. The molecule has 5 heteroatoms. The van der Waals surface area contributed by atoms with E-state index in [1.54, 1.807) is 13.3 Å². The zero-order valence-corrected chi connectivity index (χ0v) is 17.9. The number of nitrogens with zero attached hydrogens (tertiary/aromatic N) is 3. The molecule has 5 nitrogen and oxygen atoms in total. The van der Waals surface area contributed by atoms with E-state index in [1.807, 2.05) is 25.1 Å². The molecule has 0 unspecified atom stereocenters. The number of rotatable bonds is 9. The van der Waals surface area contributed by atoms with Crippen LogP contribution in [0.4, 0.5) is 0 Å². The van der Waals surface area contributed by atoms with Gasteiger partial charge in [0.15, 0.2) is 0 Å². The van der Waals surface area contributed by atoms with Crippen LogP contribution in [0.25, 0.3) is 0 Å².